The van der Waals surface area contributed by atoms with Gasteiger partial charge in [-0.15, -0.1) is 0 Å². The van der Waals surface area contributed by atoms with Gasteiger partial charge in [0.1, 0.15) is 5.60 Å². The molecule has 0 aromatic heterocycles. The highest BCUT2D eigenvalue weighted by Gasteiger charge is 2.50. The molecule has 0 bridgehead atoms. The summed E-state index contributed by atoms with van der Waals surface area (Å²) in [4.78, 5) is 28.6. The number of rotatable bonds is 4. The molecule has 1 saturated carbocycles. The molecule has 174 valence electrons. The molecule has 2 aromatic carbocycles. The Morgan fingerprint density at radius 1 is 0.939 bits per heavy atom. The summed E-state index contributed by atoms with van der Waals surface area (Å²) in [5, 5.41) is 10.0. The lowest BCUT2D eigenvalue weighted by molar-refractivity contribution is -0.143. The van der Waals surface area contributed by atoms with Gasteiger partial charge in [-0.2, -0.15) is 0 Å². The number of amides is 2. The van der Waals surface area contributed by atoms with Crippen molar-refractivity contribution in [2.45, 2.75) is 25.0 Å². The molecular formula is C23H26N4O5S. The van der Waals surface area contributed by atoms with Crippen LogP contribution in [0.15, 0.2) is 42.5 Å². The van der Waals surface area contributed by atoms with Crippen molar-refractivity contribution in [1.29, 1.82) is 0 Å². The molecule has 5 rings (SSSR count). The first kappa shape index (κ1) is 21.9. The minimum absolute atomic E-state index is 0.0827. The van der Waals surface area contributed by atoms with Crippen molar-refractivity contribution in [3.8, 4) is 11.1 Å². The van der Waals surface area contributed by atoms with Crippen LogP contribution in [0.2, 0.25) is 0 Å². The zero-order valence-corrected chi connectivity index (χ0v) is 19.1. The number of hydrazine groups is 1. The second-order valence-electron chi connectivity index (χ2n) is 8.90. The Morgan fingerprint density at radius 2 is 1.55 bits per heavy atom. The number of benzene rings is 2. The highest BCUT2D eigenvalue weighted by atomic mass is 32.2. The smallest absolute Gasteiger partial charge is 0.254 e. The molecule has 0 atom stereocenters. The van der Waals surface area contributed by atoms with Gasteiger partial charge < -0.3 is 14.9 Å². The van der Waals surface area contributed by atoms with Crippen LogP contribution in [0.1, 0.15) is 28.8 Å². The second kappa shape index (κ2) is 7.82. The molecule has 2 N–H and O–H groups in total. The Morgan fingerprint density at radius 3 is 2.15 bits per heavy atom. The molecule has 9 nitrogen and oxygen atoms in total. The largest absolute Gasteiger partial charge is 0.380 e. The van der Waals surface area contributed by atoms with Gasteiger partial charge in [-0.05, 0) is 53.8 Å². The summed E-state index contributed by atoms with van der Waals surface area (Å²) in [7, 11) is -3.39. The van der Waals surface area contributed by atoms with E-state index in [-0.39, 0.29) is 11.8 Å². The number of hydrogen-bond acceptors (Lipinski definition) is 6. The number of sulfonamides is 1. The van der Waals surface area contributed by atoms with E-state index in [0.717, 1.165) is 22.9 Å². The van der Waals surface area contributed by atoms with E-state index in [2.05, 4.69) is 5.43 Å². The number of aliphatic hydroxyl groups is 1. The monoisotopic (exact) mass is 470 g/mol. The molecule has 0 spiro atoms. The van der Waals surface area contributed by atoms with Gasteiger partial charge in [-0.25, -0.2) is 18.3 Å². The van der Waals surface area contributed by atoms with Crippen LogP contribution in [0, 0.1) is 0 Å². The van der Waals surface area contributed by atoms with Crippen molar-refractivity contribution >= 4 is 27.5 Å². The lowest BCUT2D eigenvalue weighted by Gasteiger charge is -2.35. The number of fused-ring (bicyclic) bond motifs is 1. The van der Waals surface area contributed by atoms with E-state index >= 15 is 0 Å². The van der Waals surface area contributed by atoms with Gasteiger partial charge in [0.15, 0.2) is 0 Å². The van der Waals surface area contributed by atoms with E-state index in [9.17, 15) is 23.1 Å². The van der Waals surface area contributed by atoms with Crippen LogP contribution in [-0.4, -0.2) is 73.2 Å². The first-order valence-electron chi connectivity index (χ1n) is 10.9. The average Bonchev–Trinajstić information content (AvgIpc) is 3.41. The van der Waals surface area contributed by atoms with Gasteiger partial charge in [-0.3, -0.25) is 9.59 Å². The van der Waals surface area contributed by atoms with Gasteiger partial charge in [0.05, 0.1) is 11.9 Å². The SMILES string of the molecule is CS(=O)(=O)N1NCc2cc(-c3ccc(C(=O)N4CCN(C(=O)C5(O)CC5)CC4)cc3)ccc21. The standard InChI is InChI=1S/C23H26N4O5S/c1-33(31,32)27-20-7-6-18(14-19(20)15-24-27)16-2-4-17(5-3-16)21(28)25-10-12-26(13-11-25)22(29)23(30)8-9-23/h2-7,14,24,30H,8-13,15H2,1H3. The van der Waals surface area contributed by atoms with Crippen LogP contribution < -0.4 is 9.84 Å². The summed E-state index contributed by atoms with van der Waals surface area (Å²) in [5.41, 5.74) is 5.67. The van der Waals surface area contributed by atoms with E-state index in [4.69, 9.17) is 0 Å². The van der Waals surface area contributed by atoms with E-state index in [1.807, 2.05) is 24.3 Å². The maximum atomic E-state index is 12.9. The minimum Gasteiger partial charge on any atom is -0.380 e. The van der Waals surface area contributed by atoms with E-state index in [1.54, 1.807) is 28.0 Å². The number of anilines is 1. The van der Waals surface area contributed by atoms with Gasteiger partial charge in [0, 0.05) is 38.3 Å². The number of carbonyl (C=O) groups is 2. The molecule has 2 heterocycles. The fourth-order valence-corrected chi connectivity index (χ4v) is 5.20. The highest BCUT2D eigenvalue weighted by molar-refractivity contribution is 7.92. The summed E-state index contributed by atoms with van der Waals surface area (Å²) in [5.74, 6) is -0.302. The quantitative estimate of drug-likeness (QED) is 0.689. The Labute approximate surface area is 192 Å². The second-order valence-corrected chi connectivity index (χ2v) is 10.7. The van der Waals surface area contributed by atoms with Crippen molar-refractivity contribution in [2.75, 3.05) is 36.8 Å². The maximum Gasteiger partial charge on any atom is 0.254 e. The average molecular weight is 471 g/mol. The lowest BCUT2D eigenvalue weighted by Crippen LogP contribution is -2.53. The van der Waals surface area contributed by atoms with E-state index in [1.165, 1.54) is 4.41 Å². The molecule has 3 aliphatic rings. The molecule has 10 heteroatoms. The van der Waals surface area contributed by atoms with Gasteiger partial charge in [0.25, 0.3) is 11.8 Å². The normalized spacial score (nSPS) is 19.4. The zero-order valence-electron chi connectivity index (χ0n) is 18.3. The summed E-state index contributed by atoms with van der Waals surface area (Å²) in [6.45, 7) is 2.17. The van der Waals surface area contributed by atoms with Crippen LogP contribution in [0.3, 0.4) is 0 Å². The van der Waals surface area contributed by atoms with Crippen molar-refractivity contribution in [1.82, 2.24) is 15.2 Å². The van der Waals surface area contributed by atoms with Crippen LogP contribution in [0.4, 0.5) is 5.69 Å². The zero-order chi connectivity index (χ0) is 23.4. The van der Waals surface area contributed by atoms with Crippen molar-refractivity contribution < 1.29 is 23.1 Å². The predicted octanol–water partition coefficient (Wildman–Crippen LogP) is 0.947. The molecule has 2 aromatic rings. The predicted molar refractivity (Wildman–Crippen MR) is 123 cm³/mol. The Kier molecular flexibility index (Phi) is 5.19. The summed E-state index contributed by atoms with van der Waals surface area (Å²) >= 11 is 0. The first-order valence-corrected chi connectivity index (χ1v) is 12.8. The molecular weight excluding hydrogens is 444 g/mol. The van der Waals surface area contributed by atoms with Crippen molar-refractivity contribution in [2.24, 2.45) is 0 Å². The maximum absolute atomic E-state index is 12.9. The van der Waals surface area contributed by atoms with Crippen molar-refractivity contribution in [3.05, 3.63) is 53.6 Å². The summed E-state index contributed by atoms with van der Waals surface area (Å²) < 4.78 is 24.9. The fraction of sp³-hybridized carbons (Fsp3) is 0.391. The minimum atomic E-state index is -3.39. The van der Waals surface area contributed by atoms with E-state index < -0.39 is 15.6 Å². The van der Waals surface area contributed by atoms with Gasteiger partial charge in [0.2, 0.25) is 10.0 Å². The van der Waals surface area contributed by atoms with Crippen molar-refractivity contribution in [3.63, 3.8) is 0 Å². The highest BCUT2D eigenvalue weighted by Crippen LogP contribution is 2.37. The molecule has 1 aliphatic carbocycles. The van der Waals surface area contributed by atoms with Crippen LogP contribution in [0.25, 0.3) is 11.1 Å². The third-order valence-corrected chi connectivity index (χ3v) is 7.47. The molecule has 2 amide bonds. The van der Waals surface area contributed by atoms with Crippen LogP contribution in [-0.2, 0) is 21.4 Å². The summed E-state index contributed by atoms with van der Waals surface area (Å²) in [6, 6.07) is 12.9. The third-order valence-electron chi connectivity index (χ3n) is 6.48. The van der Waals surface area contributed by atoms with Crippen LogP contribution >= 0.6 is 0 Å². The first-order chi connectivity index (χ1) is 15.7. The summed E-state index contributed by atoms with van der Waals surface area (Å²) in [6.07, 6.45) is 2.20. The van der Waals surface area contributed by atoms with Gasteiger partial charge in [-0.1, -0.05) is 18.2 Å². The number of nitrogens with one attached hydrogen (secondary N) is 1. The topological polar surface area (TPSA) is 110 Å². The molecule has 0 unspecified atom stereocenters. The Balaban J connectivity index is 1.25. The Bertz CT molecular complexity index is 1220. The van der Waals surface area contributed by atoms with E-state index in [0.29, 0.717) is 56.8 Å². The molecule has 33 heavy (non-hydrogen) atoms. The molecule has 1 saturated heterocycles. The fourth-order valence-electron chi connectivity index (χ4n) is 4.37. The number of piperazine rings is 1. The number of carbonyl (C=O) groups excluding carboxylic acids is 2. The van der Waals surface area contributed by atoms with Gasteiger partial charge >= 0.3 is 0 Å². The Hall–Kier alpha value is -2.95. The lowest BCUT2D eigenvalue weighted by atomic mass is 10.0. The molecule has 0 radical (unpaired) electrons. The number of hydrogen-bond donors (Lipinski definition) is 2. The molecule has 2 aliphatic heterocycles. The molecule has 2 fully saturated rings. The third kappa shape index (κ3) is 4.09. The van der Waals surface area contributed by atoms with Crippen LogP contribution in [0.5, 0.6) is 0 Å². The number of nitrogens with zero attached hydrogens (tertiary/aromatic N) is 3.